The Morgan fingerprint density at radius 1 is 0.897 bits per heavy atom. The third-order valence-electron chi connectivity index (χ3n) is 3.91. The molecular formula is C17H7BrClF10. The van der Waals surface area contributed by atoms with Crippen molar-refractivity contribution in [1.29, 1.82) is 0 Å². The molecule has 0 bridgehead atoms. The first-order chi connectivity index (χ1) is 12.9. The largest absolute Gasteiger partial charge is 0.457 e. The van der Waals surface area contributed by atoms with Crippen molar-refractivity contribution in [1.82, 2.24) is 0 Å². The maximum Gasteiger partial charge on any atom is 0.457 e. The van der Waals surface area contributed by atoms with Gasteiger partial charge in [0.25, 0.3) is 0 Å². The van der Waals surface area contributed by atoms with Gasteiger partial charge < -0.3 is 0 Å². The van der Waals surface area contributed by atoms with Crippen molar-refractivity contribution in [3.8, 4) is 11.1 Å². The van der Waals surface area contributed by atoms with Crippen LogP contribution in [-0.4, -0.2) is 18.3 Å². The molecule has 0 fully saturated rings. The van der Waals surface area contributed by atoms with Crippen LogP contribution in [0.4, 0.5) is 43.9 Å². The highest BCUT2D eigenvalue weighted by Crippen LogP contribution is 2.60. The fourth-order valence-electron chi connectivity index (χ4n) is 2.60. The molecule has 2 aromatic carbocycles. The Labute approximate surface area is 170 Å². The lowest BCUT2D eigenvalue weighted by atomic mass is 9.82. The number of halogens is 12. The average molecular weight is 517 g/mol. The summed E-state index contributed by atoms with van der Waals surface area (Å²) in [6, 6.07) is 4.44. The van der Waals surface area contributed by atoms with Crippen LogP contribution in [-0.2, 0) is 5.67 Å². The van der Waals surface area contributed by atoms with Crippen molar-refractivity contribution < 1.29 is 43.9 Å². The molecule has 1 atom stereocenters. The van der Waals surface area contributed by atoms with Crippen molar-refractivity contribution in [3.05, 3.63) is 56.8 Å². The quantitative estimate of drug-likeness (QED) is 0.363. The zero-order chi connectivity index (χ0) is 22.6. The van der Waals surface area contributed by atoms with E-state index in [0.717, 1.165) is 6.92 Å². The molecule has 0 aliphatic carbocycles. The summed E-state index contributed by atoms with van der Waals surface area (Å²) in [6.45, 7) is 1.01. The highest BCUT2D eigenvalue weighted by molar-refractivity contribution is 9.10. The minimum atomic E-state index is -6.89. The number of benzene rings is 2. The number of alkyl halides is 9. The molecule has 159 valence electrons. The third-order valence-corrected chi connectivity index (χ3v) is 4.81. The van der Waals surface area contributed by atoms with Crippen LogP contribution >= 0.6 is 27.5 Å². The van der Waals surface area contributed by atoms with Gasteiger partial charge in [-0.05, 0) is 46.6 Å². The van der Waals surface area contributed by atoms with Gasteiger partial charge >= 0.3 is 23.9 Å². The molecule has 1 radical (unpaired) electrons. The zero-order valence-corrected chi connectivity index (χ0v) is 16.2. The Hall–Kier alpha value is -1.49. The second-order valence-corrected chi connectivity index (χ2v) is 7.11. The third kappa shape index (κ3) is 3.83. The van der Waals surface area contributed by atoms with Crippen molar-refractivity contribution in [2.75, 3.05) is 0 Å². The van der Waals surface area contributed by atoms with Gasteiger partial charge in [-0.3, -0.25) is 0 Å². The van der Waals surface area contributed by atoms with Gasteiger partial charge in [0.15, 0.2) is 0 Å². The number of rotatable bonds is 3. The molecular weight excluding hydrogens is 510 g/mol. The zero-order valence-electron chi connectivity index (χ0n) is 13.8. The van der Waals surface area contributed by atoms with E-state index in [4.69, 9.17) is 11.6 Å². The van der Waals surface area contributed by atoms with Crippen LogP contribution in [0.2, 0.25) is 5.02 Å². The highest BCUT2D eigenvalue weighted by Gasteiger charge is 2.82. The van der Waals surface area contributed by atoms with Crippen molar-refractivity contribution in [2.45, 2.75) is 30.9 Å². The molecule has 1 unspecified atom stereocenters. The predicted octanol–water partition coefficient (Wildman–Crippen LogP) is 7.94. The summed E-state index contributed by atoms with van der Waals surface area (Å²) in [5.41, 5.74) is -10.3. The van der Waals surface area contributed by atoms with Gasteiger partial charge in [0.05, 0.1) is 5.02 Å². The van der Waals surface area contributed by atoms with E-state index in [1.165, 1.54) is 0 Å². The van der Waals surface area contributed by atoms with Crippen LogP contribution in [0.1, 0.15) is 11.1 Å². The van der Waals surface area contributed by atoms with E-state index in [9.17, 15) is 39.5 Å². The Morgan fingerprint density at radius 3 is 1.90 bits per heavy atom. The second-order valence-electron chi connectivity index (χ2n) is 5.91. The SMILES string of the molecule is Cc1[c]c(Br)c(-c2ccc(F)cc2Cl)c(C(F)(C(F)(F)F)C(F)(F)C(F)(F)F)c1. The average Bonchev–Trinajstić information content (AvgIpc) is 2.52. The summed E-state index contributed by atoms with van der Waals surface area (Å²) in [7, 11) is 0. The Morgan fingerprint density at radius 2 is 1.45 bits per heavy atom. The van der Waals surface area contributed by atoms with Crippen LogP contribution in [0.15, 0.2) is 28.7 Å². The minimum Gasteiger partial charge on any atom is -0.221 e. The molecule has 12 heteroatoms. The molecule has 2 aromatic rings. The lowest BCUT2D eigenvalue weighted by Crippen LogP contribution is -2.60. The molecule has 0 aliphatic heterocycles. The standard InChI is InChI=1S/C17H7BrClF10/c1-7-4-10(14(21,16(24,25)26)15(22,23)17(27,28)29)13(11(18)5-7)9-3-2-8(20)6-12(9)19/h2-4,6H,1H3. The molecule has 0 N–H and O–H groups in total. The van der Waals surface area contributed by atoms with Gasteiger partial charge in [-0.25, -0.2) is 8.78 Å². The fraction of sp³-hybridized carbons (Fsp3) is 0.294. The Balaban J connectivity index is 3.04. The molecule has 2 rings (SSSR count). The molecule has 0 amide bonds. The van der Waals surface area contributed by atoms with Crippen LogP contribution in [0.3, 0.4) is 0 Å². The minimum absolute atomic E-state index is 0.160. The topological polar surface area (TPSA) is 0 Å². The lowest BCUT2D eigenvalue weighted by molar-refractivity contribution is -0.389. The van der Waals surface area contributed by atoms with Crippen LogP contribution in [0.25, 0.3) is 11.1 Å². The first-order valence-electron chi connectivity index (χ1n) is 7.33. The summed E-state index contributed by atoms with van der Waals surface area (Å²) < 4.78 is 135. The van der Waals surface area contributed by atoms with Gasteiger partial charge in [0, 0.05) is 27.2 Å². The lowest BCUT2D eigenvalue weighted by Gasteiger charge is -2.37. The molecule has 0 aliphatic rings. The van der Waals surface area contributed by atoms with Gasteiger partial charge in [0.2, 0.25) is 0 Å². The maximum atomic E-state index is 15.1. The van der Waals surface area contributed by atoms with E-state index in [1.54, 1.807) is 0 Å². The molecule has 0 saturated heterocycles. The van der Waals surface area contributed by atoms with E-state index >= 15 is 4.39 Å². The van der Waals surface area contributed by atoms with E-state index in [1.807, 2.05) is 0 Å². The molecule has 0 nitrogen and oxygen atoms in total. The van der Waals surface area contributed by atoms with E-state index in [0.29, 0.717) is 18.2 Å². The summed E-state index contributed by atoms with van der Waals surface area (Å²) in [5, 5.41) is -0.649. The smallest absolute Gasteiger partial charge is 0.221 e. The highest BCUT2D eigenvalue weighted by atomic mass is 79.9. The Kier molecular flexibility index (Phi) is 6.01. The van der Waals surface area contributed by atoms with Gasteiger partial charge in [-0.15, -0.1) is 0 Å². The van der Waals surface area contributed by atoms with E-state index in [2.05, 4.69) is 22.0 Å². The normalized spacial score (nSPS) is 15.3. The first-order valence-corrected chi connectivity index (χ1v) is 8.50. The summed E-state index contributed by atoms with van der Waals surface area (Å²) in [6.07, 6.45) is -13.6. The first kappa shape index (κ1) is 23.8. The van der Waals surface area contributed by atoms with Crippen molar-refractivity contribution in [3.63, 3.8) is 0 Å². The molecule has 0 aromatic heterocycles. The van der Waals surface area contributed by atoms with Crippen molar-refractivity contribution >= 4 is 27.5 Å². The fourth-order valence-corrected chi connectivity index (χ4v) is 3.60. The van der Waals surface area contributed by atoms with Gasteiger partial charge in [-0.1, -0.05) is 17.7 Å². The summed E-state index contributed by atoms with van der Waals surface area (Å²) >= 11 is 8.42. The monoisotopic (exact) mass is 515 g/mol. The maximum absolute atomic E-state index is 15.1. The van der Waals surface area contributed by atoms with Crippen LogP contribution in [0, 0.1) is 18.8 Å². The number of aryl methyl sites for hydroxylation is 1. The molecule has 0 saturated carbocycles. The van der Waals surface area contributed by atoms with E-state index < -0.39 is 55.9 Å². The van der Waals surface area contributed by atoms with E-state index in [-0.39, 0.29) is 11.6 Å². The van der Waals surface area contributed by atoms with Crippen LogP contribution in [0.5, 0.6) is 0 Å². The Bertz CT molecular complexity index is 935. The number of hydrogen-bond acceptors (Lipinski definition) is 0. The number of hydrogen-bond donors (Lipinski definition) is 0. The molecule has 29 heavy (non-hydrogen) atoms. The molecule has 0 heterocycles. The van der Waals surface area contributed by atoms with Crippen molar-refractivity contribution in [2.24, 2.45) is 0 Å². The molecule has 0 spiro atoms. The van der Waals surface area contributed by atoms with Crippen LogP contribution < -0.4 is 0 Å². The van der Waals surface area contributed by atoms with Gasteiger partial charge in [0.1, 0.15) is 5.82 Å². The summed E-state index contributed by atoms with van der Waals surface area (Å²) in [4.78, 5) is 0. The van der Waals surface area contributed by atoms with Gasteiger partial charge in [-0.2, -0.15) is 35.1 Å². The summed E-state index contributed by atoms with van der Waals surface area (Å²) in [5.74, 6) is -7.84. The second kappa shape index (κ2) is 7.33. The predicted molar refractivity (Wildman–Crippen MR) is 88.0 cm³/mol.